The Morgan fingerprint density at radius 2 is 2.04 bits per heavy atom. The quantitative estimate of drug-likeness (QED) is 0.651. The van der Waals surface area contributed by atoms with Crippen molar-refractivity contribution in [1.82, 2.24) is 0 Å². The van der Waals surface area contributed by atoms with E-state index in [2.05, 4.69) is 30.5 Å². The number of fused-ring (bicyclic) bond motifs is 1. The van der Waals surface area contributed by atoms with Gasteiger partial charge in [-0.3, -0.25) is 0 Å². The Bertz CT molecular complexity index is 683. The number of aryl methyl sites for hydroxylation is 1. The number of hydrogen-bond acceptors (Lipinski definition) is 3. The van der Waals surface area contributed by atoms with Crippen LogP contribution in [0.4, 0.5) is 5.69 Å². The first-order valence-electron chi connectivity index (χ1n) is 8.15. The predicted molar refractivity (Wildman–Crippen MR) is 89.4 cm³/mol. The van der Waals surface area contributed by atoms with Crippen LogP contribution in [0.5, 0.6) is 0 Å². The zero-order valence-electron chi connectivity index (χ0n) is 14.2. The molecule has 0 spiro atoms. The number of aromatic amines is 1. The molecule has 0 unspecified atom stereocenters. The summed E-state index contributed by atoms with van der Waals surface area (Å²) in [6.45, 7) is 3.96. The number of quaternary nitrogens is 1. The highest BCUT2D eigenvalue weighted by atomic mass is 16.4. The van der Waals surface area contributed by atoms with E-state index in [-0.39, 0.29) is 6.42 Å². The summed E-state index contributed by atoms with van der Waals surface area (Å²) in [5, 5.41) is 15.5. The van der Waals surface area contributed by atoms with Gasteiger partial charge in [0.05, 0.1) is 31.7 Å². The van der Waals surface area contributed by atoms with Crippen LogP contribution in [-0.4, -0.2) is 33.2 Å². The van der Waals surface area contributed by atoms with Gasteiger partial charge in [-0.15, -0.1) is 0 Å². The van der Waals surface area contributed by atoms with Gasteiger partial charge in [-0.05, 0) is 18.9 Å². The zero-order valence-corrected chi connectivity index (χ0v) is 14.2. The van der Waals surface area contributed by atoms with Gasteiger partial charge >= 0.3 is 0 Å². The zero-order chi connectivity index (χ0) is 16.8. The fraction of sp³-hybridized carbons (Fsp3) is 0.444. The van der Waals surface area contributed by atoms with E-state index < -0.39 is 5.97 Å². The molecule has 0 amide bonds. The Kier molecular flexibility index (Phi) is 5.93. The van der Waals surface area contributed by atoms with Gasteiger partial charge in [-0.2, -0.15) is 0 Å². The van der Waals surface area contributed by atoms with Crippen LogP contribution in [0.3, 0.4) is 0 Å². The van der Waals surface area contributed by atoms with Crippen LogP contribution in [0, 0.1) is 6.92 Å². The third-order valence-corrected chi connectivity index (χ3v) is 4.01. The van der Waals surface area contributed by atoms with Gasteiger partial charge in [0, 0.05) is 37.5 Å². The number of anilines is 1. The average Bonchev–Trinajstić information content (AvgIpc) is 2.49. The van der Waals surface area contributed by atoms with Crippen LogP contribution in [0.25, 0.3) is 10.9 Å². The average molecular weight is 316 g/mol. The Morgan fingerprint density at radius 3 is 2.74 bits per heavy atom. The molecule has 0 fully saturated rings. The van der Waals surface area contributed by atoms with Crippen molar-refractivity contribution >= 4 is 22.6 Å². The Balaban J connectivity index is 2.31. The summed E-state index contributed by atoms with van der Waals surface area (Å²) >= 11 is 0. The molecule has 2 aromatic rings. The highest BCUT2D eigenvalue weighted by molar-refractivity contribution is 5.91. The molecular formula is C18H26N3O2+. The van der Waals surface area contributed by atoms with Crippen molar-refractivity contribution in [3.63, 3.8) is 0 Å². The lowest BCUT2D eigenvalue weighted by Crippen LogP contribution is -3.05. The normalized spacial score (nSPS) is 11.1. The van der Waals surface area contributed by atoms with Crippen molar-refractivity contribution in [2.75, 3.05) is 32.5 Å². The number of pyridine rings is 1. The Labute approximate surface area is 137 Å². The number of carbonyl (C=O) groups is 1. The summed E-state index contributed by atoms with van der Waals surface area (Å²) in [5.74, 6) is -1.01. The van der Waals surface area contributed by atoms with Crippen LogP contribution in [0.2, 0.25) is 0 Å². The Morgan fingerprint density at radius 1 is 1.30 bits per heavy atom. The minimum Gasteiger partial charge on any atom is -0.550 e. The van der Waals surface area contributed by atoms with Gasteiger partial charge in [-0.25, -0.2) is 4.98 Å². The minimum atomic E-state index is -1.01. The number of rotatable bonds is 8. The highest BCUT2D eigenvalue weighted by Crippen LogP contribution is 2.27. The molecule has 0 saturated carbocycles. The lowest BCUT2D eigenvalue weighted by Gasteiger charge is -2.15. The molecule has 1 aromatic carbocycles. The van der Waals surface area contributed by atoms with E-state index in [1.54, 1.807) is 0 Å². The fourth-order valence-electron chi connectivity index (χ4n) is 2.83. The maximum atomic E-state index is 10.8. The van der Waals surface area contributed by atoms with Crippen LogP contribution < -0.4 is 20.3 Å². The highest BCUT2D eigenvalue weighted by Gasteiger charge is 2.17. The number of para-hydroxylation sites is 1. The second-order valence-electron chi connectivity index (χ2n) is 6.26. The number of carboxylic acid groups (broad SMARTS) is 1. The number of benzene rings is 1. The molecule has 2 rings (SSSR count). The van der Waals surface area contributed by atoms with Gasteiger partial charge in [0.25, 0.3) is 0 Å². The molecule has 0 aliphatic heterocycles. The van der Waals surface area contributed by atoms with E-state index in [1.807, 2.05) is 25.1 Å². The SMILES string of the molecule is Cc1[nH+]c2ccccc2c(NCCC[NH+](C)C)c1CCC(=O)[O-]. The van der Waals surface area contributed by atoms with E-state index in [9.17, 15) is 9.90 Å². The third-order valence-electron chi connectivity index (χ3n) is 4.01. The van der Waals surface area contributed by atoms with E-state index in [1.165, 1.54) is 4.90 Å². The molecule has 5 nitrogen and oxygen atoms in total. The molecule has 23 heavy (non-hydrogen) atoms. The van der Waals surface area contributed by atoms with E-state index in [4.69, 9.17) is 0 Å². The topological polar surface area (TPSA) is 70.7 Å². The number of carboxylic acids is 1. The molecule has 1 heterocycles. The number of nitrogens with one attached hydrogen (secondary N) is 3. The van der Waals surface area contributed by atoms with Gasteiger partial charge in [0.1, 0.15) is 0 Å². The molecule has 0 aliphatic rings. The summed E-state index contributed by atoms with van der Waals surface area (Å²) in [5.41, 5.74) is 4.14. The van der Waals surface area contributed by atoms with Crippen molar-refractivity contribution in [1.29, 1.82) is 0 Å². The largest absolute Gasteiger partial charge is 0.550 e. The number of aromatic nitrogens is 1. The predicted octanol–water partition coefficient (Wildman–Crippen LogP) is -0.409. The third kappa shape index (κ3) is 4.66. The molecular weight excluding hydrogens is 290 g/mol. The van der Waals surface area contributed by atoms with Crippen molar-refractivity contribution in [2.45, 2.75) is 26.2 Å². The van der Waals surface area contributed by atoms with Gasteiger partial charge in [0.15, 0.2) is 5.69 Å². The first-order chi connectivity index (χ1) is 11.0. The van der Waals surface area contributed by atoms with Crippen molar-refractivity contribution < 1.29 is 19.8 Å². The van der Waals surface area contributed by atoms with E-state index in [0.29, 0.717) is 6.42 Å². The van der Waals surface area contributed by atoms with Crippen LogP contribution in [-0.2, 0) is 11.2 Å². The van der Waals surface area contributed by atoms with Crippen LogP contribution >= 0.6 is 0 Å². The lowest BCUT2D eigenvalue weighted by molar-refractivity contribution is -0.858. The number of hydrogen-bond donors (Lipinski definition) is 2. The summed E-state index contributed by atoms with van der Waals surface area (Å²) in [4.78, 5) is 15.6. The van der Waals surface area contributed by atoms with Crippen molar-refractivity contribution in [3.05, 3.63) is 35.5 Å². The van der Waals surface area contributed by atoms with E-state index in [0.717, 1.165) is 47.4 Å². The van der Waals surface area contributed by atoms with E-state index >= 15 is 0 Å². The number of carbonyl (C=O) groups excluding carboxylic acids is 1. The van der Waals surface area contributed by atoms with Crippen molar-refractivity contribution in [2.24, 2.45) is 0 Å². The second-order valence-corrected chi connectivity index (χ2v) is 6.26. The minimum absolute atomic E-state index is 0.0313. The standard InChI is InChI=1S/C18H25N3O2/c1-13-14(9-10-17(22)23)18(19-11-6-12-21(2)3)15-7-4-5-8-16(15)20-13/h4-5,7-8H,6,9-12H2,1-3H3,(H,19,20)(H,22,23)/p+1. The number of aliphatic carboxylic acids is 1. The first-order valence-corrected chi connectivity index (χ1v) is 8.15. The Hall–Kier alpha value is -2.14. The number of H-pyrrole nitrogens is 1. The molecule has 5 heteroatoms. The van der Waals surface area contributed by atoms with Gasteiger partial charge < -0.3 is 20.1 Å². The van der Waals surface area contributed by atoms with Gasteiger partial charge in [-0.1, -0.05) is 12.1 Å². The molecule has 3 N–H and O–H groups in total. The molecule has 0 bridgehead atoms. The van der Waals surface area contributed by atoms with Crippen LogP contribution in [0.1, 0.15) is 24.1 Å². The monoisotopic (exact) mass is 316 g/mol. The maximum absolute atomic E-state index is 10.8. The van der Waals surface area contributed by atoms with Crippen molar-refractivity contribution in [3.8, 4) is 0 Å². The first kappa shape index (κ1) is 17.2. The summed E-state index contributed by atoms with van der Waals surface area (Å²) in [6.07, 6.45) is 1.56. The summed E-state index contributed by atoms with van der Waals surface area (Å²) in [6, 6.07) is 8.11. The molecule has 0 radical (unpaired) electrons. The van der Waals surface area contributed by atoms with Crippen LogP contribution in [0.15, 0.2) is 24.3 Å². The molecule has 0 saturated heterocycles. The summed E-state index contributed by atoms with van der Waals surface area (Å²) in [7, 11) is 4.28. The summed E-state index contributed by atoms with van der Waals surface area (Å²) < 4.78 is 0. The molecule has 124 valence electrons. The van der Waals surface area contributed by atoms with Gasteiger partial charge in [0.2, 0.25) is 5.52 Å². The molecule has 0 aliphatic carbocycles. The maximum Gasteiger partial charge on any atom is 0.213 e. The fourth-order valence-corrected chi connectivity index (χ4v) is 2.83. The smallest absolute Gasteiger partial charge is 0.213 e. The second kappa shape index (κ2) is 7.92. The lowest BCUT2D eigenvalue weighted by atomic mass is 10.0. The molecule has 0 atom stereocenters. The molecule has 1 aromatic heterocycles.